The smallest absolute Gasteiger partial charge is 0.296 e. The molecule has 10 heteroatoms. The summed E-state index contributed by atoms with van der Waals surface area (Å²) in [7, 11) is 1.43. The molecule has 4 rings (SSSR count). The first kappa shape index (κ1) is 25.1. The van der Waals surface area contributed by atoms with Crippen LogP contribution in [0.25, 0.3) is 0 Å². The van der Waals surface area contributed by atoms with Gasteiger partial charge >= 0.3 is 0 Å². The monoisotopic (exact) mass is 494 g/mol. The predicted molar refractivity (Wildman–Crippen MR) is 128 cm³/mol. The number of halogens is 1. The molecule has 0 radical (unpaired) electrons. The molecule has 2 amide bonds. The van der Waals surface area contributed by atoms with Crippen LogP contribution in [0.15, 0.2) is 59.4 Å². The Morgan fingerprint density at radius 2 is 1.83 bits per heavy atom. The van der Waals surface area contributed by atoms with Crippen LogP contribution in [0.5, 0.6) is 5.75 Å². The fraction of sp³-hybridized carbons (Fsp3) is 0.308. The van der Waals surface area contributed by atoms with E-state index in [4.69, 9.17) is 4.74 Å². The number of rotatable bonds is 7. The van der Waals surface area contributed by atoms with E-state index < -0.39 is 34.8 Å². The van der Waals surface area contributed by atoms with Crippen LogP contribution in [0.3, 0.4) is 0 Å². The van der Waals surface area contributed by atoms with Crippen molar-refractivity contribution in [1.29, 1.82) is 0 Å². The van der Waals surface area contributed by atoms with E-state index in [9.17, 15) is 23.9 Å². The fourth-order valence-corrected chi connectivity index (χ4v) is 4.23. The summed E-state index contributed by atoms with van der Waals surface area (Å²) in [5.74, 6) is -2.01. The number of carbonyl (C=O) groups excluding carboxylic acids is 2. The predicted octanol–water partition coefficient (Wildman–Crippen LogP) is 2.43. The minimum Gasteiger partial charge on any atom is -0.501 e. The lowest BCUT2D eigenvalue weighted by Crippen LogP contribution is -2.35. The molecule has 36 heavy (non-hydrogen) atoms. The van der Waals surface area contributed by atoms with Crippen LogP contribution in [-0.4, -0.2) is 44.0 Å². The first-order chi connectivity index (χ1) is 17.2. The van der Waals surface area contributed by atoms with Crippen molar-refractivity contribution < 1.29 is 23.8 Å². The van der Waals surface area contributed by atoms with Crippen molar-refractivity contribution >= 4 is 11.8 Å². The SMILES string of the molecule is CC(=O)N1CC(OCc2ccccc2)CC1c1nc(C(=O)NCc2ccc(F)cc2)c(O)c(=O)n1C. The van der Waals surface area contributed by atoms with Crippen LogP contribution < -0.4 is 10.9 Å². The van der Waals surface area contributed by atoms with E-state index >= 15 is 0 Å². The average molecular weight is 495 g/mol. The molecule has 0 bridgehead atoms. The summed E-state index contributed by atoms with van der Waals surface area (Å²) in [5, 5.41) is 13.0. The van der Waals surface area contributed by atoms with Gasteiger partial charge in [-0.2, -0.15) is 0 Å². The molecule has 1 aromatic heterocycles. The molecule has 1 saturated heterocycles. The second-order valence-electron chi connectivity index (χ2n) is 8.68. The third kappa shape index (κ3) is 5.44. The quantitative estimate of drug-likeness (QED) is 0.522. The Kier molecular flexibility index (Phi) is 7.44. The molecule has 0 saturated carbocycles. The molecule has 2 unspecified atom stereocenters. The minimum absolute atomic E-state index is 0.0448. The van der Waals surface area contributed by atoms with E-state index in [1.165, 1.54) is 38.2 Å². The molecule has 1 aliphatic heterocycles. The molecule has 0 spiro atoms. The van der Waals surface area contributed by atoms with Crippen molar-refractivity contribution in [1.82, 2.24) is 19.8 Å². The minimum atomic E-state index is -0.802. The summed E-state index contributed by atoms with van der Waals surface area (Å²) >= 11 is 0. The van der Waals surface area contributed by atoms with Crippen LogP contribution in [0, 0.1) is 5.82 Å². The highest BCUT2D eigenvalue weighted by atomic mass is 19.1. The lowest BCUT2D eigenvalue weighted by Gasteiger charge is -2.24. The zero-order valence-corrected chi connectivity index (χ0v) is 20.0. The number of carbonyl (C=O) groups is 2. The van der Waals surface area contributed by atoms with Crippen molar-refractivity contribution in [3.63, 3.8) is 0 Å². The molecular formula is C26H27FN4O5. The van der Waals surface area contributed by atoms with Gasteiger partial charge in [0.25, 0.3) is 11.5 Å². The average Bonchev–Trinajstić information content (AvgIpc) is 3.31. The zero-order valence-electron chi connectivity index (χ0n) is 20.0. The van der Waals surface area contributed by atoms with Gasteiger partial charge in [0.1, 0.15) is 11.6 Å². The van der Waals surface area contributed by atoms with Crippen molar-refractivity contribution in [2.24, 2.45) is 7.05 Å². The van der Waals surface area contributed by atoms with Gasteiger partial charge in [0, 0.05) is 33.5 Å². The molecule has 2 aromatic carbocycles. The Hall–Kier alpha value is -4.05. The molecule has 0 aliphatic carbocycles. The number of aromatic nitrogens is 2. The summed E-state index contributed by atoms with van der Waals surface area (Å²) in [5.41, 5.74) is 0.382. The number of hydrogen-bond acceptors (Lipinski definition) is 6. The standard InChI is InChI=1S/C26H27FN4O5/c1-16(32)31-14-20(36-15-18-6-4-3-5-7-18)12-21(31)24-29-22(23(33)26(35)30(24)2)25(34)28-13-17-8-10-19(27)11-9-17/h3-11,20-21,33H,12-15H2,1-2H3,(H,28,34). The third-order valence-corrected chi connectivity index (χ3v) is 6.18. The van der Waals surface area contributed by atoms with Crippen molar-refractivity contribution in [3.05, 3.63) is 93.4 Å². The largest absolute Gasteiger partial charge is 0.501 e. The van der Waals surface area contributed by atoms with Gasteiger partial charge in [0.2, 0.25) is 11.7 Å². The summed E-state index contributed by atoms with van der Waals surface area (Å²) in [6.45, 7) is 2.13. The van der Waals surface area contributed by atoms with E-state index in [-0.39, 0.29) is 24.4 Å². The number of amides is 2. The van der Waals surface area contributed by atoms with Crippen LogP contribution in [0.1, 0.15) is 46.8 Å². The molecule has 3 aromatic rings. The van der Waals surface area contributed by atoms with Crippen LogP contribution >= 0.6 is 0 Å². The summed E-state index contributed by atoms with van der Waals surface area (Å²) < 4.78 is 20.3. The maximum Gasteiger partial charge on any atom is 0.296 e. The van der Waals surface area contributed by atoms with Crippen molar-refractivity contribution in [2.75, 3.05) is 6.54 Å². The van der Waals surface area contributed by atoms with Gasteiger partial charge in [-0.1, -0.05) is 42.5 Å². The lowest BCUT2D eigenvalue weighted by atomic mass is 10.1. The fourth-order valence-electron chi connectivity index (χ4n) is 4.23. The molecule has 2 heterocycles. The van der Waals surface area contributed by atoms with Gasteiger partial charge in [-0.3, -0.25) is 19.0 Å². The molecule has 9 nitrogen and oxygen atoms in total. The van der Waals surface area contributed by atoms with Gasteiger partial charge < -0.3 is 20.1 Å². The highest BCUT2D eigenvalue weighted by molar-refractivity contribution is 5.94. The second kappa shape index (κ2) is 10.7. The number of nitrogens with one attached hydrogen (secondary N) is 1. The summed E-state index contributed by atoms with van der Waals surface area (Å²) in [6.07, 6.45) is 0.0641. The van der Waals surface area contributed by atoms with E-state index in [2.05, 4.69) is 10.3 Å². The summed E-state index contributed by atoms with van der Waals surface area (Å²) in [4.78, 5) is 43.9. The van der Waals surface area contributed by atoms with E-state index in [0.717, 1.165) is 10.1 Å². The molecule has 2 N–H and O–H groups in total. The Balaban J connectivity index is 1.56. The molecular weight excluding hydrogens is 467 g/mol. The number of hydrogen-bond donors (Lipinski definition) is 2. The van der Waals surface area contributed by atoms with E-state index in [1.807, 2.05) is 30.3 Å². The van der Waals surface area contributed by atoms with Crippen LogP contribution in [0.2, 0.25) is 0 Å². The molecule has 2 atom stereocenters. The Morgan fingerprint density at radius 3 is 2.50 bits per heavy atom. The van der Waals surface area contributed by atoms with Gasteiger partial charge in [0.15, 0.2) is 5.69 Å². The number of likely N-dealkylation sites (tertiary alicyclic amines) is 1. The Labute approximate surface area is 207 Å². The first-order valence-corrected chi connectivity index (χ1v) is 11.5. The van der Waals surface area contributed by atoms with Crippen molar-refractivity contribution in [3.8, 4) is 5.75 Å². The first-order valence-electron chi connectivity index (χ1n) is 11.5. The number of nitrogens with zero attached hydrogens (tertiary/aromatic N) is 3. The van der Waals surface area contributed by atoms with E-state index in [0.29, 0.717) is 25.1 Å². The normalized spacial score (nSPS) is 17.2. The van der Waals surface area contributed by atoms with Crippen molar-refractivity contribution in [2.45, 2.75) is 38.6 Å². The van der Waals surface area contributed by atoms with Gasteiger partial charge in [-0.25, -0.2) is 9.37 Å². The lowest BCUT2D eigenvalue weighted by molar-refractivity contribution is -0.130. The van der Waals surface area contributed by atoms with Gasteiger partial charge in [-0.05, 0) is 23.3 Å². The number of ether oxygens (including phenoxy) is 1. The Morgan fingerprint density at radius 1 is 1.14 bits per heavy atom. The second-order valence-corrected chi connectivity index (χ2v) is 8.68. The molecule has 1 aliphatic rings. The zero-order chi connectivity index (χ0) is 25.8. The van der Waals surface area contributed by atoms with Gasteiger partial charge in [-0.15, -0.1) is 0 Å². The topological polar surface area (TPSA) is 114 Å². The molecule has 188 valence electrons. The number of benzene rings is 2. The van der Waals surface area contributed by atoms with Crippen LogP contribution in [0.4, 0.5) is 4.39 Å². The summed E-state index contributed by atoms with van der Waals surface area (Å²) in [6, 6.07) is 14.6. The number of aromatic hydroxyl groups is 1. The third-order valence-electron chi connectivity index (χ3n) is 6.18. The molecule has 1 fully saturated rings. The Bertz CT molecular complexity index is 1310. The van der Waals surface area contributed by atoms with Crippen LogP contribution in [-0.2, 0) is 29.7 Å². The maximum absolute atomic E-state index is 13.1. The highest BCUT2D eigenvalue weighted by Gasteiger charge is 2.38. The van der Waals surface area contributed by atoms with Gasteiger partial charge in [0.05, 0.1) is 18.8 Å². The highest BCUT2D eigenvalue weighted by Crippen LogP contribution is 2.33. The maximum atomic E-state index is 13.1. The van der Waals surface area contributed by atoms with E-state index in [1.54, 1.807) is 4.90 Å².